The van der Waals surface area contributed by atoms with E-state index in [0.29, 0.717) is 24.2 Å². The summed E-state index contributed by atoms with van der Waals surface area (Å²) in [5.41, 5.74) is 1.43. The third kappa shape index (κ3) is 7.74. The van der Waals surface area contributed by atoms with Crippen LogP contribution in [0.1, 0.15) is 88.0 Å². The van der Waals surface area contributed by atoms with Crippen LogP contribution in [0.2, 0.25) is 0 Å². The molecule has 0 unspecified atom stereocenters. The molecule has 5 nitrogen and oxygen atoms in total. The van der Waals surface area contributed by atoms with Crippen LogP contribution in [0.4, 0.5) is 13.2 Å². The average Bonchev–Trinajstić information content (AvgIpc) is 2.91. The quantitative estimate of drug-likeness (QED) is 0.166. The lowest BCUT2D eigenvalue weighted by Crippen LogP contribution is -2.48. The first kappa shape index (κ1) is 31.9. The first-order valence-corrected chi connectivity index (χ1v) is 15.5. The van der Waals surface area contributed by atoms with E-state index in [1.165, 1.54) is 37.5 Å². The summed E-state index contributed by atoms with van der Waals surface area (Å²) in [6.45, 7) is 5.26. The van der Waals surface area contributed by atoms with Crippen LogP contribution < -0.4 is 4.74 Å². The van der Waals surface area contributed by atoms with Gasteiger partial charge in [0.25, 0.3) is 0 Å². The molecule has 4 fully saturated rings. The van der Waals surface area contributed by atoms with Crippen LogP contribution in [0, 0.1) is 17.8 Å². The van der Waals surface area contributed by atoms with Crippen LogP contribution in [0.5, 0.6) is 5.75 Å². The number of halogens is 3. The standard InChI is InChI=1S/C36H41F3O5/c1-34(2,3)44-33(42)22-43-31-17-23(10-12-30(31)35-19-24-14-25(20-35)16-26(15-24)21-35)6-4-7-27(11-13-32(40)41)28-8-5-9-29(18-28)36(37,38)39/h5,7-13,17-18,24-26H,4,6,14-16,19-22H2,1-3H3,(H,40,41)/b13-11-,27-7-. The fourth-order valence-corrected chi connectivity index (χ4v) is 7.94. The summed E-state index contributed by atoms with van der Waals surface area (Å²) < 4.78 is 51.7. The number of carbonyl (C=O) groups is 2. The Labute approximate surface area is 257 Å². The molecule has 4 saturated carbocycles. The van der Waals surface area contributed by atoms with Crippen molar-refractivity contribution in [2.24, 2.45) is 17.8 Å². The molecule has 0 amide bonds. The molecule has 0 radical (unpaired) electrons. The number of ether oxygens (including phenoxy) is 2. The highest BCUT2D eigenvalue weighted by Gasteiger charge is 2.52. The number of allylic oxidation sites excluding steroid dienone is 3. The SMILES string of the molecule is CC(C)(C)OC(=O)COc1cc(CC/C=C(/C=C\C(=O)O)c2cccc(C(F)(F)F)c2)ccc1C12CC3CC(CC(C3)C1)C2. The number of aliphatic carboxylic acids is 1. The summed E-state index contributed by atoms with van der Waals surface area (Å²) in [6, 6.07) is 11.1. The van der Waals surface area contributed by atoms with Crippen LogP contribution in [0.15, 0.2) is 60.7 Å². The summed E-state index contributed by atoms with van der Waals surface area (Å²) in [5.74, 6) is 1.28. The minimum Gasteiger partial charge on any atom is -0.482 e. The van der Waals surface area contributed by atoms with Crippen molar-refractivity contribution in [2.45, 2.75) is 89.3 Å². The highest BCUT2D eigenvalue weighted by atomic mass is 19.4. The van der Waals surface area contributed by atoms with Crippen molar-refractivity contribution >= 4 is 17.5 Å². The van der Waals surface area contributed by atoms with Gasteiger partial charge in [-0.15, -0.1) is 0 Å². The zero-order valence-corrected chi connectivity index (χ0v) is 25.6. The third-order valence-corrected chi connectivity index (χ3v) is 9.15. The van der Waals surface area contributed by atoms with Crippen LogP contribution in [-0.4, -0.2) is 29.3 Å². The van der Waals surface area contributed by atoms with Gasteiger partial charge in [0.2, 0.25) is 0 Å². The summed E-state index contributed by atoms with van der Waals surface area (Å²) in [6.07, 6.45) is 7.84. The maximum Gasteiger partial charge on any atom is 0.416 e. The zero-order valence-electron chi connectivity index (χ0n) is 25.6. The number of rotatable bonds is 10. The van der Waals surface area contributed by atoms with Crippen LogP contribution in [-0.2, 0) is 32.3 Å². The molecule has 4 aliphatic carbocycles. The Balaban J connectivity index is 1.40. The van der Waals surface area contributed by atoms with Gasteiger partial charge in [-0.25, -0.2) is 9.59 Å². The van der Waals surface area contributed by atoms with E-state index in [1.807, 2.05) is 26.8 Å². The molecule has 4 bridgehead atoms. The van der Waals surface area contributed by atoms with Gasteiger partial charge in [-0.3, -0.25) is 0 Å². The van der Waals surface area contributed by atoms with Crippen molar-refractivity contribution in [1.29, 1.82) is 0 Å². The summed E-state index contributed by atoms with van der Waals surface area (Å²) in [7, 11) is 0. The van der Waals surface area contributed by atoms with E-state index < -0.39 is 29.3 Å². The molecular formula is C36H41F3O5. The summed E-state index contributed by atoms with van der Waals surface area (Å²) in [5, 5.41) is 9.15. The summed E-state index contributed by atoms with van der Waals surface area (Å²) in [4.78, 5) is 23.8. The van der Waals surface area contributed by atoms with E-state index in [4.69, 9.17) is 14.6 Å². The second-order valence-corrected chi connectivity index (χ2v) is 13.9. The lowest BCUT2D eigenvalue weighted by Gasteiger charge is -2.57. The number of aryl methyl sites for hydroxylation is 1. The van der Waals surface area contributed by atoms with Gasteiger partial charge in [-0.1, -0.05) is 30.3 Å². The number of carboxylic acid groups (broad SMARTS) is 1. The lowest BCUT2D eigenvalue weighted by atomic mass is 9.48. The maximum atomic E-state index is 13.3. The number of esters is 1. The van der Waals surface area contributed by atoms with Crippen molar-refractivity contribution in [1.82, 2.24) is 0 Å². The molecular weight excluding hydrogens is 569 g/mol. The van der Waals surface area contributed by atoms with Crippen molar-refractivity contribution in [3.63, 3.8) is 0 Å². The van der Waals surface area contributed by atoms with Gasteiger partial charge < -0.3 is 14.6 Å². The Hall–Kier alpha value is -3.55. The first-order valence-electron chi connectivity index (χ1n) is 15.5. The Morgan fingerprint density at radius 2 is 1.61 bits per heavy atom. The number of hydrogen-bond donors (Lipinski definition) is 1. The van der Waals surface area contributed by atoms with E-state index >= 15 is 0 Å². The molecule has 6 rings (SSSR count). The Kier molecular flexibility index (Phi) is 9.01. The van der Waals surface area contributed by atoms with Crippen molar-refractivity contribution in [2.75, 3.05) is 6.61 Å². The molecule has 2 aromatic carbocycles. The van der Waals surface area contributed by atoms with Gasteiger partial charge in [-0.05, 0) is 136 Å². The third-order valence-electron chi connectivity index (χ3n) is 9.15. The van der Waals surface area contributed by atoms with E-state index in [1.54, 1.807) is 6.08 Å². The molecule has 0 spiro atoms. The van der Waals surface area contributed by atoms with E-state index in [2.05, 4.69) is 12.1 Å². The molecule has 44 heavy (non-hydrogen) atoms. The second-order valence-electron chi connectivity index (χ2n) is 13.9. The smallest absolute Gasteiger partial charge is 0.416 e. The Morgan fingerprint density at radius 3 is 2.20 bits per heavy atom. The largest absolute Gasteiger partial charge is 0.482 e. The van der Waals surface area contributed by atoms with Gasteiger partial charge in [-0.2, -0.15) is 13.2 Å². The van der Waals surface area contributed by atoms with Gasteiger partial charge in [0.05, 0.1) is 5.56 Å². The minimum absolute atomic E-state index is 0.0503. The minimum atomic E-state index is -4.51. The van der Waals surface area contributed by atoms with Crippen molar-refractivity contribution < 1.29 is 37.3 Å². The van der Waals surface area contributed by atoms with Gasteiger partial charge in [0.1, 0.15) is 11.4 Å². The molecule has 0 aromatic heterocycles. The fourth-order valence-electron chi connectivity index (χ4n) is 7.94. The average molecular weight is 611 g/mol. The topological polar surface area (TPSA) is 72.8 Å². The highest BCUT2D eigenvalue weighted by Crippen LogP contribution is 2.62. The Morgan fingerprint density at radius 1 is 0.955 bits per heavy atom. The zero-order chi connectivity index (χ0) is 31.7. The molecule has 0 aliphatic heterocycles. The number of carbonyl (C=O) groups excluding carboxylic acids is 1. The van der Waals surface area contributed by atoms with E-state index in [0.717, 1.165) is 66.4 Å². The molecule has 0 heterocycles. The lowest BCUT2D eigenvalue weighted by molar-refractivity contribution is -0.157. The van der Waals surface area contributed by atoms with Gasteiger partial charge in [0, 0.05) is 11.6 Å². The van der Waals surface area contributed by atoms with Crippen LogP contribution >= 0.6 is 0 Å². The molecule has 1 N–H and O–H groups in total. The van der Waals surface area contributed by atoms with E-state index in [9.17, 15) is 22.8 Å². The second kappa shape index (κ2) is 12.4. The number of hydrogen-bond acceptors (Lipinski definition) is 4. The molecule has 4 aliphatic rings. The Bertz CT molecular complexity index is 1410. The molecule has 0 atom stereocenters. The predicted molar refractivity (Wildman–Crippen MR) is 162 cm³/mol. The maximum absolute atomic E-state index is 13.3. The number of carboxylic acids is 1. The number of benzene rings is 2. The first-order chi connectivity index (χ1) is 20.7. The fraction of sp³-hybridized carbons (Fsp3) is 0.500. The highest BCUT2D eigenvalue weighted by molar-refractivity contribution is 5.85. The number of alkyl halides is 3. The van der Waals surface area contributed by atoms with Crippen molar-refractivity contribution in [3.05, 3.63) is 82.9 Å². The molecule has 0 saturated heterocycles. The molecule has 2 aromatic rings. The van der Waals surface area contributed by atoms with Gasteiger partial charge in [0.15, 0.2) is 6.61 Å². The van der Waals surface area contributed by atoms with Crippen LogP contribution in [0.25, 0.3) is 5.57 Å². The predicted octanol–water partition coefficient (Wildman–Crippen LogP) is 8.55. The van der Waals surface area contributed by atoms with Crippen molar-refractivity contribution in [3.8, 4) is 5.75 Å². The van der Waals surface area contributed by atoms with Gasteiger partial charge >= 0.3 is 18.1 Å². The molecule has 236 valence electrons. The molecule has 8 heteroatoms. The normalized spacial score (nSPS) is 25.0. The summed E-state index contributed by atoms with van der Waals surface area (Å²) >= 11 is 0. The van der Waals surface area contributed by atoms with Crippen LogP contribution in [0.3, 0.4) is 0 Å². The van der Waals surface area contributed by atoms with E-state index in [-0.39, 0.29) is 17.6 Å². The monoisotopic (exact) mass is 610 g/mol.